The predicted molar refractivity (Wildman–Crippen MR) is 98.5 cm³/mol. The third kappa shape index (κ3) is 4.05. The Morgan fingerprint density at radius 2 is 1.78 bits per heavy atom. The molecule has 27 heavy (non-hydrogen) atoms. The van der Waals surface area contributed by atoms with Crippen LogP contribution in [0.3, 0.4) is 0 Å². The second-order valence-corrected chi connectivity index (χ2v) is 6.82. The van der Waals surface area contributed by atoms with Gasteiger partial charge < -0.3 is 9.84 Å². The van der Waals surface area contributed by atoms with Crippen LogP contribution in [0.15, 0.2) is 53.1 Å². The van der Waals surface area contributed by atoms with Crippen molar-refractivity contribution in [3.05, 3.63) is 71.4 Å². The SMILES string of the molecule is O=C(NCc1ccc(F)cc1)c1ccc(-c2noc(C3CCCC3)n2)cc1. The van der Waals surface area contributed by atoms with Crippen LogP contribution in [0.1, 0.15) is 53.4 Å². The smallest absolute Gasteiger partial charge is 0.251 e. The van der Waals surface area contributed by atoms with Crippen molar-refractivity contribution in [2.75, 3.05) is 0 Å². The van der Waals surface area contributed by atoms with Crippen LogP contribution in [-0.2, 0) is 6.54 Å². The van der Waals surface area contributed by atoms with E-state index in [2.05, 4.69) is 15.5 Å². The molecule has 4 rings (SSSR count). The van der Waals surface area contributed by atoms with Crippen LogP contribution in [0.25, 0.3) is 11.4 Å². The first-order chi connectivity index (χ1) is 13.2. The molecule has 1 fully saturated rings. The van der Waals surface area contributed by atoms with Gasteiger partial charge in [0, 0.05) is 23.6 Å². The zero-order valence-electron chi connectivity index (χ0n) is 14.8. The first-order valence-corrected chi connectivity index (χ1v) is 9.16. The van der Waals surface area contributed by atoms with Crippen molar-refractivity contribution in [2.24, 2.45) is 0 Å². The summed E-state index contributed by atoms with van der Waals surface area (Å²) < 4.78 is 18.3. The van der Waals surface area contributed by atoms with Gasteiger partial charge in [-0.1, -0.05) is 42.3 Å². The Bertz CT molecular complexity index is 913. The quantitative estimate of drug-likeness (QED) is 0.725. The minimum absolute atomic E-state index is 0.189. The fraction of sp³-hybridized carbons (Fsp3) is 0.286. The summed E-state index contributed by atoms with van der Waals surface area (Å²) in [4.78, 5) is 16.8. The molecule has 5 nitrogen and oxygen atoms in total. The summed E-state index contributed by atoms with van der Waals surface area (Å²) in [7, 11) is 0. The Balaban J connectivity index is 1.39. The van der Waals surface area contributed by atoms with Gasteiger partial charge in [0.05, 0.1) is 0 Å². The lowest BCUT2D eigenvalue weighted by atomic mass is 10.1. The van der Waals surface area contributed by atoms with Gasteiger partial charge in [-0.25, -0.2) is 4.39 Å². The fourth-order valence-electron chi connectivity index (χ4n) is 3.35. The predicted octanol–water partition coefficient (Wildman–Crippen LogP) is 4.46. The molecule has 1 aliphatic rings. The van der Waals surface area contributed by atoms with Crippen molar-refractivity contribution in [3.63, 3.8) is 0 Å². The highest BCUT2D eigenvalue weighted by atomic mass is 19.1. The summed E-state index contributed by atoms with van der Waals surface area (Å²) in [6.45, 7) is 0.344. The van der Waals surface area contributed by atoms with Crippen LogP contribution in [0.5, 0.6) is 0 Å². The molecule has 0 atom stereocenters. The molecule has 138 valence electrons. The third-order valence-corrected chi connectivity index (χ3v) is 4.92. The summed E-state index contributed by atoms with van der Waals surface area (Å²) in [5, 5.41) is 6.90. The van der Waals surface area contributed by atoms with Crippen LogP contribution in [0.2, 0.25) is 0 Å². The maximum atomic E-state index is 12.9. The first-order valence-electron chi connectivity index (χ1n) is 9.16. The van der Waals surface area contributed by atoms with Crippen LogP contribution in [-0.4, -0.2) is 16.0 Å². The number of rotatable bonds is 5. The van der Waals surface area contributed by atoms with Crippen molar-refractivity contribution in [3.8, 4) is 11.4 Å². The highest BCUT2D eigenvalue weighted by Gasteiger charge is 2.23. The Hall–Kier alpha value is -3.02. The third-order valence-electron chi connectivity index (χ3n) is 4.92. The molecule has 1 aromatic heterocycles. The lowest BCUT2D eigenvalue weighted by Gasteiger charge is -2.06. The van der Waals surface area contributed by atoms with Gasteiger partial charge in [0.15, 0.2) is 0 Å². The molecule has 3 aromatic rings. The number of aromatic nitrogens is 2. The van der Waals surface area contributed by atoms with E-state index in [1.807, 2.05) is 12.1 Å². The van der Waals surface area contributed by atoms with E-state index in [1.54, 1.807) is 24.3 Å². The molecule has 0 saturated heterocycles. The molecule has 2 aromatic carbocycles. The number of benzene rings is 2. The summed E-state index contributed by atoms with van der Waals surface area (Å²) in [5.41, 5.74) is 2.20. The minimum Gasteiger partial charge on any atom is -0.348 e. The molecule has 6 heteroatoms. The van der Waals surface area contributed by atoms with E-state index in [9.17, 15) is 9.18 Å². The van der Waals surface area contributed by atoms with Gasteiger partial charge in [-0.2, -0.15) is 4.98 Å². The molecule has 0 aliphatic heterocycles. The summed E-state index contributed by atoms with van der Waals surface area (Å²) in [6, 6.07) is 13.2. The van der Waals surface area contributed by atoms with Crippen molar-refractivity contribution < 1.29 is 13.7 Å². The topological polar surface area (TPSA) is 68.0 Å². The zero-order valence-corrected chi connectivity index (χ0v) is 14.8. The minimum atomic E-state index is -0.293. The second-order valence-electron chi connectivity index (χ2n) is 6.82. The molecule has 1 N–H and O–H groups in total. The monoisotopic (exact) mass is 365 g/mol. The lowest BCUT2D eigenvalue weighted by Crippen LogP contribution is -2.22. The first kappa shape index (κ1) is 17.4. The number of nitrogens with one attached hydrogen (secondary N) is 1. The molecule has 1 heterocycles. The van der Waals surface area contributed by atoms with Crippen LogP contribution in [0, 0.1) is 5.82 Å². The summed E-state index contributed by atoms with van der Waals surface area (Å²) in [6.07, 6.45) is 4.64. The van der Waals surface area contributed by atoms with Gasteiger partial charge in [0.2, 0.25) is 11.7 Å². The molecule has 0 radical (unpaired) electrons. The molecule has 0 bridgehead atoms. The van der Waals surface area contributed by atoms with Crippen LogP contribution >= 0.6 is 0 Å². The van der Waals surface area contributed by atoms with E-state index >= 15 is 0 Å². The Morgan fingerprint density at radius 3 is 2.48 bits per heavy atom. The van der Waals surface area contributed by atoms with E-state index < -0.39 is 0 Å². The number of nitrogens with zero attached hydrogens (tertiary/aromatic N) is 2. The number of hydrogen-bond acceptors (Lipinski definition) is 4. The average Bonchev–Trinajstić information content (AvgIpc) is 3.39. The fourth-order valence-corrected chi connectivity index (χ4v) is 3.35. The standard InChI is InChI=1S/C21H20FN3O2/c22-18-11-5-14(6-12-18)13-23-20(26)16-9-7-15(8-10-16)19-24-21(27-25-19)17-3-1-2-4-17/h5-12,17H,1-4,13H2,(H,23,26). The van der Waals surface area contributed by atoms with Crippen LogP contribution < -0.4 is 5.32 Å². The van der Waals surface area contributed by atoms with E-state index in [4.69, 9.17) is 4.52 Å². The van der Waals surface area contributed by atoms with Crippen molar-refractivity contribution in [2.45, 2.75) is 38.1 Å². The highest BCUT2D eigenvalue weighted by molar-refractivity contribution is 5.94. The van der Waals surface area contributed by atoms with Gasteiger partial charge in [0.25, 0.3) is 5.91 Å². The van der Waals surface area contributed by atoms with Gasteiger partial charge in [0.1, 0.15) is 5.82 Å². The normalized spacial score (nSPS) is 14.4. The molecular formula is C21H20FN3O2. The summed E-state index contributed by atoms with van der Waals surface area (Å²) >= 11 is 0. The number of halogens is 1. The molecule has 0 spiro atoms. The van der Waals surface area contributed by atoms with Gasteiger partial charge >= 0.3 is 0 Å². The molecule has 1 amide bonds. The van der Waals surface area contributed by atoms with Gasteiger partial charge in [-0.3, -0.25) is 4.79 Å². The maximum Gasteiger partial charge on any atom is 0.251 e. The Morgan fingerprint density at radius 1 is 1.07 bits per heavy atom. The Labute approximate surface area is 156 Å². The number of carbonyl (C=O) groups excluding carboxylic acids is 1. The maximum absolute atomic E-state index is 12.9. The van der Waals surface area contributed by atoms with Crippen LogP contribution in [0.4, 0.5) is 4.39 Å². The van der Waals surface area contributed by atoms with Crippen molar-refractivity contribution >= 4 is 5.91 Å². The lowest BCUT2D eigenvalue weighted by molar-refractivity contribution is 0.0951. The number of carbonyl (C=O) groups is 1. The second kappa shape index (κ2) is 7.70. The van der Waals surface area contributed by atoms with Gasteiger partial charge in [-0.15, -0.1) is 0 Å². The van der Waals surface area contributed by atoms with Crippen molar-refractivity contribution in [1.29, 1.82) is 0 Å². The number of amides is 1. The number of hydrogen-bond donors (Lipinski definition) is 1. The Kier molecular flexibility index (Phi) is 4.96. The summed E-state index contributed by atoms with van der Waals surface area (Å²) in [5.74, 6) is 1.16. The van der Waals surface area contributed by atoms with Gasteiger partial charge in [-0.05, 0) is 42.7 Å². The zero-order chi connectivity index (χ0) is 18.6. The molecule has 1 aliphatic carbocycles. The largest absolute Gasteiger partial charge is 0.348 e. The molecule has 1 saturated carbocycles. The van der Waals surface area contributed by atoms with E-state index in [1.165, 1.54) is 25.0 Å². The highest BCUT2D eigenvalue weighted by Crippen LogP contribution is 2.33. The van der Waals surface area contributed by atoms with E-state index in [-0.39, 0.29) is 11.7 Å². The van der Waals surface area contributed by atoms with Crippen molar-refractivity contribution in [1.82, 2.24) is 15.5 Å². The van der Waals surface area contributed by atoms with E-state index in [0.717, 1.165) is 24.0 Å². The molecule has 0 unspecified atom stereocenters. The average molecular weight is 365 g/mol. The van der Waals surface area contributed by atoms with E-state index in [0.29, 0.717) is 29.7 Å². The molecular weight excluding hydrogens is 345 g/mol.